The van der Waals surface area contributed by atoms with Gasteiger partial charge >= 0.3 is 0 Å². The fourth-order valence-corrected chi connectivity index (χ4v) is 4.64. The van der Waals surface area contributed by atoms with E-state index in [-0.39, 0.29) is 6.61 Å². The Kier molecular flexibility index (Phi) is 6.70. The highest BCUT2D eigenvalue weighted by atomic mass is 16.5. The van der Waals surface area contributed by atoms with Gasteiger partial charge in [0.25, 0.3) is 0 Å². The summed E-state index contributed by atoms with van der Waals surface area (Å²) in [6, 6.07) is 18.3. The summed E-state index contributed by atoms with van der Waals surface area (Å²) >= 11 is 0. The Morgan fingerprint density at radius 2 is 1.94 bits per heavy atom. The molecular formula is C25H31N3O3. The van der Waals surface area contributed by atoms with Crippen molar-refractivity contribution in [2.75, 3.05) is 26.8 Å². The zero-order chi connectivity index (χ0) is 21.7. The number of nitrogens with zero attached hydrogens (tertiary/aromatic N) is 3. The van der Waals surface area contributed by atoms with Gasteiger partial charge in [-0.05, 0) is 42.2 Å². The van der Waals surface area contributed by atoms with Crippen molar-refractivity contribution in [1.29, 1.82) is 0 Å². The number of hydrogen-bond donors (Lipinski definition) is 2. The van der Waals surface area contributed by atoms with Crippen LogP contribution in [0.4, 0.5) is 0 Å². The topological polar surface area (TPSA) is 70.8 Å². The Labute approximate surface area is 183 Å². The van der Waals surface area contributed by atoms with Crippen molar-refractivity contribution in [2.24, 2.45) is 5.41 Å². The van der Waals surface area contributed by atoms with E-state index < -0.39 is 11.5 Å². The molecule has 2 aromatic carbocycles. The van der Waals surface area contributed by atoms with Crippen LogP contribution in [0.3, 0.4) is 0 Å². The first-order valence-corrected chi connectivity index (χ1v) is 10.8. The third kappa shape index (κ3) is 4.98. The van der Waals surface area contributed by atoms with Crippen LogP contribution in [0.2, 0.25) is 0 Å². The summed E-state index contributed by atoms with van der Waals surface area (Å²) in [4.78, 5) is 2.34. The van der Waals surface area contributed by atoms with Crippen LogP contribution in [0.25, 0.3) is 0 Å². The Morgan fingerprint density at radius 3 is 2.65 bits per heavy atom. The van der Waals surface area contributed by atoms with Gasteiger partial charge in [0.2, 0.25) is 0 Å². The van der Waals surface area contributed by atoms with Gasteiger partial charge in [-0.25, -0.2) is 0 Å². The summed E-state index contributed by atoms with van der Waals surface area (Å²) in [7, 11) is 1.69. The summed E-state index contributed by atoms with van der Waals surface area (Å²) in [5, 5.41) is 25.4. The highest BCUT2D eigenvalue weighted by Gasteiger charge is 2.42. The molecular weight excluding hydrogens is 390 g/mol. The summed E-state index contributed by atoms with van der Waals surface area (Å²) in [5.41, 5.74) is 2.86. The second-order valence-electron chi connectivity index (χ2n) is 8.55. The van der Waals surface area contributed by atoms with Gasteiger partial charge < -0.3 is 14.9 Å². The zero-order valence-corrected chi connectivity index (χ0v) is 18.0. The molecule has 2 N–H and O–H groups in total. The molecule has 1 aliphatic rings. The number of likely N-dealkylation sites (tertiary alicyclic amines) is 1. The van der Waals surface area contributed by atoms with Gasteiger partial charge in [0, 0.05) is 43.0 Å². The molecule has 1 aliphatic heterocycles. The second kappa shape index (κ2) is 9.64. The van der Waals surface area contributed by atoms with Crippen molar-refractivity contribution in [3.8, 4) is 5.75 Å². The third-order valence-corrected chi connectivity index (χ3v) is 6.32. The van der Waals surface area contributed by atoms with Crippen LogP contribution < -0.4 is 4.74 Å². The van der Waals surface area contributed by atoms with Gasteiger partial charge in [-0.2, -0.15) is 5.10 Å². The molecule has 2 heterocycles. The van der Waals surface area contributed by atoms with Crippen molar-refractivity contribution in [3.63, 3.8) is 0 Å². The first-order chi connectivity index (χ1) is 15.1. The minimum absolute atomic E-state index is 0.0350. The lowest BCUT2D eigenvalue weighted by atomic mass is 9.73. The van der Waals surface area contributed by atoms with Gasteiger partial charge in [0.15, 0.2) is 0 Å². The van der Waals surface area contributed by atoms with Crippen molar-refractivity contribution in [3.05, 3.63) is 83.7 Å². The van der Waals surface area contributed by atoms with E-state index in [1.54, 1.807) is 13.3 Å². The molecule has 3 aromatic rings. The Morgan fingerprint density at radius 1 is 1.10 bits per heavy atom. The molecule has 1 saturated heterocycles. The van der Waals surface area contributed by atoms with Crippen LogP contribution in [0.1, 0.15) is 23.1 Å². The van der Waals surface area contributed by atoms with Crippen LogP contribution in [-0.2, 0) is 19.5 Å². The lowest BCUT2D eigenvalue weighted by Crippen LogP contribution is -2.54. The van der Waals surface area contributed by atoms with E-state index in [0.29, 0.717) is 25.9 Å². The van der Waals surface area contributed by atoms with E-state index in [9.17, 15) is 10.2 Å². The highest BCUT2D eigenvalue weighted by molar-refractivity contribution is 5.37. The molecule has 0 spiro atoms. The van der Waals surface area contributed by atoms with E-state index in [0.717, 1.165) is 30.0 Å². The number of ether oxygens (including phenoxy) is 1. The molecule has 31 heavy (non-hydrogen) atoms. The molecule has 164 valence electrons. The Bertz CT molecular complexity index is 961. The van der Waals surface area contributed by atoms with E-state index in [2.05, 4.69) is 34.3 Å². The highest BCUT2D eigenvalue weighted by Crippen LogP contribution is 2.35. The normalized spacial score (nSPS) is 21.8. The average Bonchev–Trinajstić information content (AvgIpc) is 3.30. The third-order valence-electron chi connectivity index (χ3n) is 6.32. The van der Waals surface area contributed by atoms with Crippen LogP contribution >= 0.6 is 0 Å². The van der Waals surface area contributed by atoms with E-state index in [4.69, 9.17) is 4.74 Å². The number of methoxy groups -OCH3 is 1. The van der Waals surface area contributed by atoms with Gasteiger partial charge in [-0.15, -0.1) is 0 Å². The smallest absolute Gasteiger partial charge is 0.123 e. The summed E-state index contributed by atoms with van der Waals surface area (Å²) in [6.45, 7) is 2.84. The molecule has 6 heteroatoms. The predicted octanol–water partition coefficient (Wildman–Crippen LogP) is 2.73. The average molecular weight is 422 g/mol. The molecule has 0 amide bonds. The SMILES string of the molecule is COc1ccc(CN2CC[C@@H](O)[C@@](CO)(Cc3ccccc3)C2)cc1Cn1cccn1. The fourth-order valence-electron chi connectivity index (χ4n) is 4.64. The molecule has 0 unspecified atom stereocenters. The number of aromatic nitrogens is 2. The van der Waals surface area contributed by atoms with E-state index in [1.165, 1.54) is 5.56 Å². The first kappa shape index (κ1) is 21.6. The Hall–Kier alpha value is -2.67. The molecule has 6 nitrogen and oxygen atoms in total. The number of piperidine rings is 1. The van der Waals surface area contributed by atoms with Crippen LogP contribution in [-0.4, -0.2) is 57.8 Å². The molecule has 4 rings (SSSR count). The number of aliphatic hydroxyl groups is 2. The van der Waals surface area contributed by atoms with Crippen molar-refractivity contribution < 1.29 is 14.9 Å². The molecule has 2 atom stereocenters. The van der Waals surface area contributed by atoms with Gasteiger partial charge in [0.1, 0.15) is 5.75 Å². The van der Waals surface area contributed by atoms with Crippen LogP contribution in [0, 0.1) is 5.41 Å². The number of aliphatic hydroxyl groups excluding tert-OH is 2. The van der Waals surface area contributed by atoms with Crippen molar-refractivity contribution in [2.45, 2.75) is 32.0 Å². The van der Waals surface area contributed by atoms with Crippen molar-refractivity contribution >= 4 is 0 Å². The standard InChI is InChI=1S/C25H31N3O3/c1-31-23-9-8-21(14-22(23)17-28-12-5-11-26-28)16-27-13-10-24(30)25(18-27,19-29)15-20-6-3-2-4-7-20/h2-9,11-12,14,24,29-30H,10,13,15-19H2,1H3/t24-,25+/m1/s1. The minimum Gasteiger partial charge on any atom is -0.496 e. The monoisotopic (exact) mass is 421 g/mol. The Balaban J connectivity index is 1.51. The molecule has 0 saturated carbocycles. The molecule has 0 aliphatic carbocycles. The largest absolute Gasteiger partial charge is 0.496 e. The molecule has 1 aromatic heterocycles. The predicted molar refractivity (Wildman–Crippen MR) is 120 cm³/mol. The maximum Gasteiger partial charge on any atom is 0.123 e. The zero-order valence-electron chi connectivity index (χ0n) is 18.0. The number of hydrogen-bond acceptors (Lipinski definition) is 5. The van der Waals surface area contributed by atoms with Gasteiger partial charge in [-0.3, -0.25) is 9.58 Å². The maximum absolute atomic E-state index is 10.8. The van der Waals surface area contributed by atoms with E-state index in [1.807, 2.05) is 41.2 Å². The summed E-state index contributed by atoms with van der Waals surface area (Å²) in [5.74, 6) is 0.849. The lowest BCUT2D eigenvalue weighted by molar-refractivity contribution is -0.0768. The maximum atomic E-state index is 10.8. The minimum atomic E-state index is -0.552. The number of rotatable bonds is 8. The molecule has 1 fully saturated rings. The van der Waals surface area contributed by atoms with Crippen LogP contribution in [0.5, 0.6) is 5.75 Å². The first-order valence-electron chi connectivity index (χ1n) is 10.8. The lowest BCUT2D eigenvalue weighted by Gasteiger charge is -2.45. The summed E-state index contributed by atoms with van der Waals surface area (Å²) in [6.07, 6.45) is 4.52. The number of benzene rings is 2. The molecule has 0 bridgehead atoms. The van der Waals surface area contributed by atoms with E-state index >= 15 is 0 Å². The fraction of sp³-hybridized carbons (Fsp3) is 0.400. The van der Waals surface area contributed by atoms with Gasteiger partial charge in [0.05, 0.1) is 26.4 Å². The van der Waals surface area contributed by atoms with Crippen molar-refractivity contribution in [1.82, 2.24) is 14.7 Å². The quantitative estimate of drug-likeness (QED) is 0.585. The second-order valence-corrected chi connectivity index (χ2v) is 8.55. The van der Waals surface area contributed by atoms with Gasteiger partial charge in [-0.1, -0.05) is 36.4 Å². The van der Waals surface area contributed by atoms with Crippen LogP contribution in [0.15, 0.2) is 67.0 Å². The molecule has 0 radical (unpaired) electrons. The summed E-state index contributed by atoms with van der Waals surface area (Å²) < 4.78 is 7.43.